The molecule has 6 nitrogen and oxygen atoms in total. The maximum Gasteiger partial charge on any atom is 0.251 e. The Morgan fingerprint density at radius 2 is 2.08 bits per heavy atom. The van der Waals surface area contributed by atoms with Crippen molar-refractivity contribution in [3.8, 4) is 0 Å². The third-order valence-electron chi connectivity index (χ3n) is 4.68. The number of hydrogen-bond donors (Lipinski definition) is 2. The lowest BCUT2D eigenvalue weighted by atomic mass is 10.0. The lowest BCUT2D eigenvalue weighted by Gasteiger charge is -2.16. The molecule has 0 unspecified atom stereocenters. The Balaban J connectivity index is 1.48. The van der Waals surface area contributed by atoms with Gasteiger partial charge in [-0.25, -0.2) is 9.97 Å². The first-order valence-electron chi connectivity index (χ1n) is 8.65. The van der Waals surface area contributed by atoms with Gasteiger partial charge in [0.1, 0.15) is 0 Å². The second-order valence-electron chi connectivity index (χ2n) is 6.87. The van der Waals surface area contributed by atoms with Crippen LogP contribution in [-0.2, 0) is 6.54 Å². The summed E-state index contributed by atoms with van der Waals surface area (Å²) in [4.78, 5) is 22.8. The highest BCUT2D eigenvalue weighted by Gasteiger charge is 2.23. The van der Waals surface area contributed by atoms with Crippen LogP contribution < -0.4 is 11.1 Å². The average Bonchev–Trinajstić information content (AvgIpc) is 3.02. The van der Waals surface area contributed by atoms with Crippen LogP contribution in [0, 0.1) is 19.8 Å². The van der Waals surface area contributed by atoms with Crippen molar-refractivity contribution in [3.63, 3.8) is 0 Å². The molecule has 1 aliphatic rings. The number of carbonyl (C=O) groups is 1. The van der Waals surface area contributed by atoms with E-state index in [0.29, 0.717) is 18.4 Å². The summed E-state index contributed by atoms with van der Waals surface area (Å²) in [6, 6.07) is 5.93. The van der Waals surface area contributed by atoms with Gasteiger partial charge in [-0.15, -0.1) is 0 Å². The molecule has 1 fully saturated rings. The molecule has 1 amide bonds. The average molecular weight is 339 g/mol. The molecule has 0 bridgehead atoms. The molecule has 132 valence electrons. The van der Waals surface area contributed by atoms with Gasteiger partial charge in [-0.1, -0.05) is 17.7 Å². The number of nitrogen functional groups attached to an aromatic ring is 1. The molecule has 0 spiro atoms. The largest absolute Gasteiger partial charge is 0.368 e. The molecule has 0 radical (unpaired) electrons. The van der Waals surface area contributed by atoms with E-state index >= 15 is 0 Å². The number of carbonyl (C=O) groups excluding carboxylic acids is 1. The van der Waals surface area contributed by atoms with Gasteiger partial charge in [0.2, 0.25) is 5.95 Å². The Hall–Kier alpha value is -2.47. The molecule has 6 heteroatoms. The first-order valence-corrected chi connectivity index (χ1v) is 8.65. The first kappa shape index (κ1) is 17.4. The van der Waals surface area contributed by atoms with Crippen LogP contribution in [0.5, 0.6) is 0 Å². The quantitative estimate of drug-likeness (QED) is 0.869. The minimum Gasteiger partial charge on any atom is -0.368 e. The number of benzene rings is 1. The van der Waals surface area contributed by atoms with Crippen LogP contribution in [0.1, 0.15) is 33.5 Å². The number of hydrogen-bond acceptors (Lipinski definition) is 5. The van der Waals surface area contributed by atoms with Crippen LogP contribution in [-0.4, -0.2) is 40.4 Å². The molecule has 1 saturated heterocycles. The van der Waals surface area contributed by atoms with E-state index in [1.54, 1.807) is 12.4 Å². The zero-order valence-electron chi connectivity index (χ0n) is 14.8. The molecule has 0 aliphatic carbocycles. The Morgan fingerprint density at radius 1 is 1.32 bits per heavy atom. The number of anilines is 1. The van der Waals surface area contributed by atoms with E-state index in [1.807, 2.05) is 32.0 Å². The van der Waals surface area contributed by atoms with Crippen molar-refractivity contribution in [2.75, 3.05) is 25.4 Å². The van der Waals surface area contributed by atoms with Gasteiger partial charge < -0.3 is 11.1 Å². The first-order chi connectivity index (χ1) is 12.0. The summed E-state index contributed by atoms with van der Waals surface area (Å²) < 4.78 is 0. The van der Waals surface area contributed by atoms with Crippen LogP contribution in [0.3, 0.4) is 0 Å². The fraction of sp³-hybridized carbons (Fsp3) is 0.421. The summed E-state index contributed by atoms with van der Waals surface area (Å²) in [5, 5.41) is 3.09. The summed E-state index contributed by atoms with van der Waals surface area (Å²) in [5.41, 5.74) is 9.54. The van der Waals surface area contributed by atoms with Crippen LogP contribution in [0.2, 0.25) is 0 Å². The highest BCUT2D eigenvalue weighted by molar-refractivity contribution is 5.95. The van der Waals surface area contributed by atoms with E-state index in [4.69, 9.17) is 5.73 Å². The predicted molar refractivity (Wildman–Crippen MR) is 98.1 cm³/mol. The number of aromatic nitrogens is 2. The molecule has 2 aromatic rings. The normalized spacial score (nSPS) is 17.6. The fourth-order valence-corrected chi connectivity index (χ4v) is 3.33. The van der Waals surface area contributed by atoms with E-state index < -0.39 is 0 Å². The fourth-order valence-electron chi connectivity index (χ4n) is 3.33. The van der Waals surface area contributed by atoms with Crippen molar-refractivity contribution in [2.45, 2.75) is 26.8 Å². The minimum absolute atomic E-state index is 0.0166. The SMILES string of the molecule is Cc1ccc(C(=O)NC[C@@H]2CCN(Cc3cnc(N)nc3)C2)c(C)c1. The Morgan fingerprint density at radius 3 is 2.80 bits per heavy atom. The van der Waals surface area contributed by atoms with Gasteiger partial charge in [-0.2, -0.15) is 0 Å². The maximum atomic E-state index is 12.4. The molecule has 2 heterocycles. The predicted octanol–water partition coefficient (Wildman–Crippen LogP) is 1.93. The Labute approximate surface area is 148 Å². The standard InChI is InChI=1S/C19H25N5O/c1-13-3-4-17(14(2)7-13)18(25)21-8-15-5-6-24(11-15)12-16-9-22-19(20)23-10-16/h3-4,7,9-10,15H,5-6,8,11-12H2,1-2H3,(H,21,25)(H2,20,22,23)/t15-/m0/s1. The molecule has 1 atom stereocenters. The van der Waals surface area contributed by atoms with Crippen molar-refractivity contribution < 1.29 is 4.79 Å². The lowest BCUT2D eigenvalue weighted by Crippen LogP contribution is -2.31. The number of nitrogens with one attached hydrogen (secondary N) is 1. The second-order valence-corrected chi connectivity index (χ2v) is 6.87. The third-order valence-corrected chi connectivity index (χ3v) is 4.68. The summed E-state index contributed by atoms with van der Waals surface area (Å²) in [7, 11) is 0. The summed E-state index contributed by atoms with van der Waals surface area (Å²) >= 11 is 0. The number of aryl methyl sites for hydroxylation is 2. The zero-order chi connectivity index (χ0) is 17.8. The van der Waals surface area contributed by atoms with Gasteiger partial charge in [-0.05, 0) is 44.4 Å². The third kappa shape index (κ3) is 4.54. The van der Waals surface area contributed by atoms with E-state index in [9.17, 15) is 4.79 Å². The summed E-state index contributed by atoms with van der Waals surface area (Å²) in [5.74, 6) is 0.796. The molecule has 1 aromatic heterocycles. The van der Waals surface area contributed by atoms with Gasteiger partial charge in [0.25, 0.3) is 5.91 Å². The lowest BCUT2D eigenvalue weighted by molar-refractivity contribution is 0.0946. The van der Waals surface area contributed by atoms with Crippen LogP contribution in [0.15, 0.2) is 30.6 Å². The molecular formula is C19H25N5O. The van der Waals surface area contributed by atoms with Crippen molar-refractivity contribution >= 4 is 11.9 Å². The topological polar surface area (TPSA) is 84.1 Å². The van der Waals surface area contributed by atoms with Crippen LogP contribution >= 0.6 is 0 Å². The second kappa shape index (κ2) is 7.61. The van der Waals surface area contributed by atoms with Crippen molar-refractivity contribution in [1.29, 1.82) is 0 Å². The smallest absolute Gasteiger partial charge is 0.251 e. The monoisotopic (exact) mass is 339 g/mol. The van der Waals surface area contributed by atoms with Crippen molar-refractivity contribution in [3.05, 3.63) is 52.8 Å². The van der Waals surface area contributed by atoms with Crippen molar-refractivity contribution in [1.82, 2.24) is 20.2 Å². The molecule has 1 aromatic carbocycles. The van der Waals surface area contributed by atoms with Gasteiger partial charge in [0.05, 0.1) is 0 Å². The molecule has 25 heavy (non-hydrogen) atoms. The molecule has 0 saturated carbocycles. The van der Waals surface area contributed by atoms with Gasteiger partial charge in [-0.3, -0.25) is 9.69 Å². The number of rotatable bonds is 5. The molecule has 3 N–H and O–H groups in total. The number of amides is 1. The number of nitrogens with zero attached hydrogens (tertiary/aromatic N) is 3. The highest BCUT2D eigenvalue weighted by Crippen LogP contribution is 2.18. The molecule has 3 rings (SSSR count). The van der Waals surface area contributed by atoms with Gasteiger partial charge in [0, 0.05) is 43.2 Å². The summed E-state index contributed by atoms with van der Waals surface area (Å²) in [6.07, 6.45) is 4.64. The van der Waals surface area contributed by atoms with Crippen LogP contribution in [0.4, 0.5) is 5.95 Å². The number of nitrogens with two attached hydrogens (primary N) is 1. The van der Waals surface area contributed by atoms with E-state index in [-0.39, 0.29) is 5.91 Å². The Bertz CT molecular complexity index is 744. The van der Waals surface area contributed by atoms with Gasteiger partial charge in [0.15, 0.2) is 0 Å². The molecular weight excluding hydrogens is 314 g/mol. The number of likely N-dealkylation sites (tertiary alicyclic amines) is 1. The molecule has 1 aliphatic heterocycles. The minimum atomic E-state index is 0.0166. The van der Waals surface area contributed by atoms with Gasteiger partial charge >= 0.3 is 0 Å². The van der Waals surface area contributed by atoms with E-state index in [2.05, 4.69) is 20.2 Å². The van der Waals surface area contributed by atoms with Crippen LogP contribution in [0.25, 0.3) is 0 Å². The highest BCUT2D eigenvalue weighted by atomic mass is 16.1. The van der Waals surface area contributed by atoms with E-state index in [1.165, 1.54) is 5.56 Å². The maximum absolute atomic E-state index is 12.4. The zero-order valence-corrected chi connectivity index (χ0v) is 14.8. The van der Waals surface area contributed by atoms with E-state index in [0.717, 1.165) is 42.7 Å². The Kier molecular flexibility index (Phi) is 5.28. The van der Waals surface area contributed by atoms with Crippen molar-refractivity contribution in [2.24, 2.45) is 5.92 Å². The summed E-state index contributed by atoms with van der Waals surface area (Å²) in [6.45, 7) is 7.54.